The molecular weight excluding hydrogens is 414 g/mol. The second-order valence-corrected chi connectivity index (χ2v) is 7.53. The van der Waals surface area contributed by atoms with E-state index in [-0.39, 0.29) is 0 Å². The van der Waals surface area contributed by atoms with Crippen LogP contribution in [0.3, 0.4) is 0 Å². The van der Waals surface area contributed by atoms with Gasteiger partial charge in [0, 0.05) is 45.5 Å². The summed E-state index contributed by atoms with van der Waals surface area (Å²) in [6.45, 7) is 7.54. The van der Waals surface area contributed by atoms with Crippen LogP contribution in [0, 0.1) is 0 Å². The van der Waals surface area contributed by atoms with Crippen LogP contribution < -0.4 is 20.1 Å². The molecule has 176 valence electrons. The first-order valence-corrected chi connectivity index (χ1v) is 11.6. The molecule has 1 aromatic heterocycles. The van der Waals surface area contributed by atoms with Crippen LogP contribution in [0.1, 0.15) is 30.8 Å². The number of nitrogens with zero attached hydrogens (tertiary/aromatic N) is 3. The van der Waals surface area contributed by atoms with Crippen LogP contribution in [0.2, 0.25) is 0 Å². The summed E-state index contributed by atoms with van der Waals surface area (Å²) in [5.74, 6) is 3.43. The summed E-state index contributed by atoms with van der Waals surface area (Å²) in [5.41, 5.74) is 2.46. The lowest BCUT2D eigenvalue weighted by Crippen LogP contribution is -2.39. The summed E-state index contributed by atoms with van der Waals surface area (Å²) in [4.78, 5) is 8.86. The molecule has 0 bridgehead atoms. The Hall–Kier alpha value is -3.48. The molecule has 0 unspecified atom stereocenters. The summed E-state index contributed by atoms with van der Waals surface area (Å²) >= 11 is 0. The summed E-state index contributed by atoms with van der Waals surface area (Å²) in [7, 11) is 1.79. The average molecular weight is 450 g/mol. The average Bonchev–Trinajstić information content (AvgIpc) is 3.27. The van der Waals surface area contributed by atoms with Gasteiger partial charge in [0.25, 0.3) is 0 Å². The van der Waals surface area contributed by atoms with Gasteiger partial charge >= 0.3 is 0 Å². The zero-order valence-electron chi connectivity index (χ0n) is 19.9. The number of rotatable bonds is 12. The number of hydrogen-bond acceptors (Lipinski definition) is 4. The number of ether oxygens (including phenoxy) is 2. The van der Waals surface area contributed by atoms with E-state index in [1.807, 2.05) is 38.4 Å². The third-order valence-electron chi connectivity index (χ3n) is 5.18. The number of aliphatic imine (C=N–C) groups is 1. The molecule has 0 radical (unpaired) electrons. The van der Waals surface area contributed by atoms with Crippen LogP contribution in [0.15, 0.2) is 65.9 Å². The number of guanidine groups is 1. The molecule has 1 heterocycles. The maximum absolute atomic E-state index is 5.72. The normalized spacial score (nSPS) is 11.3. The zero-order valence-corrected chi connectivity index (χ0v) is 19.9. The molecule has 0 spiro atoms. The van der Waals surface area contributed by atoms with E-state index >= 15 is 0 Å². The molecule has 2 aromatic carbocycles. The molecule has 0 amide bonds. The van der Waals surface area contributed by atoms with E-state index < -0.39 is 0 Å². The van der Waals surface area contributed by atoms with Crippen molar-refractivity contribution < 1.29 is 9.47 Å². The SMILES string of the molecule is CCOc1ccc(CCNC(=NC)NCCc2nccn2Cc2ccccc2)cc1OCC. The summed E-state index contributed by atoms with van der Waals surface area (Å²) in [5, 5.41) is 6.77. The monoisotopic (exact) mass is 449 g/mol. The Bertz CT molecular complexity index is 1000. The van der Waals surface area contributed by atoms with Gasteiger partial charge in [-0.15, -0.1) is 0 Å². The van der Waals surface area contributed by atoms with Crippen molar-refractivity contribution in [1.29, 1.82) is 0 Å². The topological polar surface area (TPSA) is 72.7 Å². The van der Waals surface area contributed by atoms with Crippen molar-refractivity contribution in [3.8, 4) is 11.5 Å². The highest BCUT2D eigenvalue weighted by atomic mass is 16.5. The van der Waals surface area contributed by atoms with Gasteiger partial charge < -0.3 is 24.7 Å². The third-order valence-corrected chi connectivity index (χ3v) is 5.18. The van der Waals surface area contributed by atoms with Gasteiger partial charge in [-0.05, 0) is 43.5 Å². The molecule has 0 aliphatic carbocycles. The van der Waals surface area contributed by atoms with Gasteiger partial charge in [0.15, 0.2) is 17.5 Å². The summed E-state index contributed by atoms with van der Waals surface area (Å²) in [6.07, 6.45) is 5.56. The highest BCUT2D eigenvalue weighted by molar-refractivity contribution is 5.79. The van der Waals surface area contributed by atoms with E-state index in [2.05, 4.69) is 61.6 Å². The minimum absolute atomic E-state index is 0.613. The van der Waals surface area contributed by atoms with E-state index in [9.17, 15) is 0 Å². The second-order valence-electron chi connectivity index (χ2n) is 7.53. The fourth-order valence-corrected chi connectivity index (χ4v) is 3.58. The maximum Gasteiger partial charge on any atom is 0.191 e. The first kappa shape index (κ1) is 24.2. The quantitative estimate of drug-likeness (QED) is 0.326. The van der Waals surface area contributed by atoms with Crippen LogP contribution in [-0.4, -0.2) is 48.9 Å². The van der Waals surface area contributed by atoms with Crippen LogP contribution in [0.4, 0.5) is 0 Å². The number of hydrogen-bond donors (Lipinski definition) is 2. The molecule has 0 saturated carbocycles. The van der Waals surface area contributed by atoms with Gasteiger partial charge in [0.1, 0.15) is 5.82 Å². The molecule has 7 heteroatoms. The minimum Gasteiger partial charge on any atom is -0.490 e. The first-order chi connectivity index (χ1) is 16.2. The number of imidazole rings is 1. The van der Waals surface area contributed by atoms with Crippen molar-refractivity contribution in [3.05, 3.63) is 77.9 Å². The van der Waals surface area contributed by atoms with Gasteiger partial charge in [0.05, 0.1) is 13.2 Å². The standard InChI is InChI=1S/C26H35N5O2/c1-4-32-23-12-11-21(19-24(23)33-5-2)13-15-29-26(27-3)30-16-14-25-28-17-18-31(25)20-22-9-7-6-8-10-22/h6-12,17-19H,4-5,13-16,20H2,1-3H3,(H2,27,29,30). The second kappa shape index (κ2) is 13.2. The van der Waals surface area contributed by atoms with E-state index in [1.54, 1.807) is 7.05 Å². The van der Waals surface area contributed by atoms with Crippen molar-refractivity contribution in [3.63, 3.8) is 0 Å². The zero-order chi connectivity index (χ0) is 23.3. The molecule has 0 aliphatic rings. The molecule has 0 aliphatic heterocycles. The van der Waals surface area contributed by atoms with E-state index in [1.165, 1.54) is 11.1 Å². The molecule has 0 atom stereocenters. The Labute approximate surface area is 196 Å². The highest BCUT2D eigenvalue weighted by Gasteiger charge is 2.07. The minimum atomic E-state index is 0.613. The number of aromatic nitrogens is 2. The van der Waals surface area contributed by atoms with Crippen LogP contribution in [0.5, 0.6) is 11.5 Å². The summed E-state index contributed by atoms with van der Waals surface area (Å²) < 4.78 is 13.6. The number of benzene rings is 2. The van der Waals surface area contributed by atoms with E-state index in [4.69, 9.17) is 9.47 Å². The smallest absolute Gasteiger partial charge is 0.191 e. The third kappa shape index (κ3) is 7.56. The highest BCUT2D eigenvalue weighted by Crippen LogP contribution is 2.28. The van der Waals surface area contributed by atoms with Gasteiger partial charge in [-0.3, -0.25) is 4.99 Å². The van der Waals surface area contributed by atoms with Gasteiger partial charge in [-0.1, -0.05) is 36.4 Å². The molecule has 2 N–H and O–H groups in total. The molecule has 33 heavy (non-hydrogen) atoms. The lowest BCUT2D eigenvalue weighted by molar-refractivity contribution is 0.287. The molecule has 0 saturated heterocycles. The Morgan fingerprint density at radius 3 is 2.36 bits per heavy atom. The van der Waals surface area contributed by atoms with Gasteiger partial charge in [-0.25, -0.2) is 4.98 Å². The van der Waals surface area contributed by atoms with Crippen molar-refractivity contribution in [2.75, 3.05) is 33.4 Å². The predicted octanol–water partition coefficient (Wildman–Crippen LogP) is 3.68. The molecular formula is C26H35N5O2. The van der Waals surface area contributed by atoms with E-state index in [0.29, 0.717) is 13.2 Å². The van der Waals surface area contributed by atoms with E-state index in [0.717, 1.165) is 55.8 Å². The van der Waals surface area contributed by atoms with Crippen LogP contribution >= 0.6 is 0 Å². The fraction of sp³-hybridized carbons (Fsp3) is 0.385. The lowest BCUT2D eigenvalue weighted by atomic mass is 10.1. The predicted molar refractivity (Wildman–Crippen MR) is 133 cm³/mol. The Balaban J connectivity index is 1.45. The summed E-state index contributed by atoms with van der Waals surface area (Å²) in [6, 6.07) is 16.5. The maximum atomic E-state index is 5.72. The van der Waals surface area contributed by atoms with Gasteiger partial charge in [0.2, 0.25) is 0 Å². The van der Waals surface area contributed by atoms with Crippen LogP contribution in [-0.2, 0) is 19.4 Å². The van der Waals surface area contributed by atoms with Crippen LogP contribution in [0.25, 0.3) is 0 Å². The van der Waals surface area contributed by atoms with Crippen molar-refractivity contribution in [2.24, 2.45) is 4.99 Å². The Morgan fingerprint density at radius 1 is 0.909 bits per heavy atom. The molecule has 0 fully saturated rings. The number of nitrogens with one attached hydrogen (secondary N) is 2. The Kier molecular flexibility index (Phi) is 9.63. The molecule has 3 rings (SSSR count). The fourth-order valence-electron chi connectivity index (χ4n) is 3.58. The molecule has 7 nitrogen and oxygen atoms in total. The Morgan fingerprint density at radius 2 is 1.64 bits per heavy atom. The largest absolute Gasteiger partial charge is 0.490 e. The van der Waals surface area contributed by atoms with Crippen molar-refractivity contribution in [1.82, 2.24) is 20.2 Å². The van der Waals surface area contributed by atoms with Crippen molar-refractivity contribution >= 4 is 5.96 Å². The first-order valence-electron chi connectivity index (χ1n) is 11.6. The lowest BCUT2D eigenvalue weighted by Gasteiger charge is -2.14. The molecule has 3 aromatic rings. The van der Waals surface area contributed by atoms with Crippen molar-refractivity contribution in [2.45, 2.75) is 33.2 Å². The van der Waals surface area contributed by atoms with Gasteiger partial charge in [-0.2, -0.15) is 0 Å².